The number of ether oxygens (including phenoxy) is 1. The first-order valence-corrected chi connectivity index (χ1v) is 9.68. The number of amides is 1. The van der Waals surface area contributed by atoms with E-state index in [4.69, 9.17) is 9.72 Å². The van der Waals surface area contributed by atoms with Crippen molar-refractivity contribution < 1.29 is 9.53 Å². The normalized spacial score (nSPS) is 17.6. The molecule has 0 N–H and O–H groups in total. The zero-order valence-corrected chi connectivity index (χ0v) is 15.3. The van der Waals surface area contributed by atoms with E-state index in [1.165, 1.54) is 28.4 Å². The number of methoxy groups -OCH3 is 1. The summed E-state index contributed by atoms with van der Waals surface area (Å²) in [6.45, 7) is 4.25. The monoisotopic (exact) mass is 357 g/mol. The number of aryl methyl sites for hydroxylation is 2. The van der Waals surface area contributed by atoms with Crippen LogP contribution in [-0.4, -0.2) is 54.0 Å². The second-order valence-electron chi connectivity index (χ2n) is 6.63. The molecule has 2 heterocycles. The van der Waals surface area contributed by atoms with Crippen LogP contribution in [0.2, 0.25) is 0 Å². The Morgan fingerprint density at radius 2 is 2.08 bits per heavy atom. The average molecular weight is 357 g/mol. The maximum atomic E-state index is 12.7. The lowest BCUT2D eigenvalue weighted by atomic mass is 10.1. The molecule has 1 amide bonds. The molecule has 0 atom stereocenters. The fourth-order valence-electron chi connectivity index (χ4n) is 3.55. The van der Waals surface area contributed by atoms with Crippen LogP contribution >= 0.6 is 11.3 Å². The van der Waals surface area contributed by atoms with Crippen molar-refractivity contribution in [2.45, 2.75) is 25.8 Å². The third kappa shape index (κ3) is 3.55. The number of aromatic nitrogens is 1. The zero-order valence-electron chi connectivity index (χ0n) is 14.5. The number of nitrogens with zero attached hydrogens (tertiary/aromatic N) is 3. The van der Waals surface area contributed by atoms with Gasteiger partial charge in [0.1, 0.15) is 10.8 Å². The number of thiazole rings is 1. The molecule has 0 saturated carbocycles. The summed E-state index contributed by atoms with van der Waals surface area (Å²) in [5.74, 6) is 0.813. The average Bonchev–Trinajstić information content (AvgIpc) is 3.23. The van der Waals surface area contributed by atoms with Crippen LogP contribution < -0.4 is 4.74 Å². The lowest BCUT2D eigenvalue weighted by molar-refractivity contribution is 0.0628. The first-order valence-electron chi connectivity index (χ1n) is 8.86. The number of rotatable bonds is 4. The molecule has 2 aliphatic rings. The van der Waals surface area contributed by atoms with Crippen molar-refractivity contribution in [1.82, 2.24) is 14.8 Å². The van der Waals surface area contributed by atoms with Crippen LogP contribution in [0.4, 0.5) is 0 Å². The van der Waals surface area contributed by atoms with Gasteiger partial charge in [0, 0.05) is 36.6 Å². The number of hydrogen-bond donors (Lipinski definition) is 0. The largest absolute Gasteiger partial charge is 0.497 e. The smallest absolute Gasteiger partial charge is 0.254 e. The van der Waals surface area contributed by atoms with E-state index in [0.717, 1.165) is 44.9 Å². The number of carbonyl (C=O) groups excluding carboxylic acids is 1. The highest BCUT2D eigenvalue weighted by Gasteiger charge is 2.24. The fraction of sp³-hybridized carbons (Fsp3) is 0.474. The quantitative estimate of drug-likeness (QED) is 0.844. The minimum absolute atomic E-state index is 0.0896. The Hall–Kier alpha value is -1.92. The molecule has 0 radical (unpaired) electrons. The van der Waals surface area contributed by atoms with Crippen molar-refractivity contribution in [1.29, 1.82) is 0 Å². The van der Waals surface area contributed by atoms with Crippen LogP contribution in [0.1, 0.15) is 32.4 Å². The summed E-state index contributed by atoms with van der Waals surface area (Å²) in [5, 5.41) is 1.23. The second-order valence-corrected chi connectivity index (χ2v) is 7.80. The van der Waals surface area contributed by atoms with Crippen molar-refractivity contribution in [3.63, 3.8) is 0 Å². The van der Waals surface area contributed by atoms with E-state index >= 15 is 0 Å². The van der Waals surface area contributed by atoms with Gasteiger partial charge in [-0.1, -0.05) is 6.07 Å². The number of benzene rings is 1. The molecule has 25 heavy (non-hydrogen) atoms. The van der Waals surface area contributed by atoms with Crippen LogP contribution in [0.15, 0.2) is 24.3 Å². The van der Waals surface area contributed by atoms with Gasteiger partial charge in [-0.25, -0.2) is 4.98 Å². The van der Waals surface area contributed by atoms with E-state index in [2.05, 4.69) is 4.90 Å². The molecule has 1 fully saturated rings. The van der Waals surface area contributed by atoms with Crippen LogP contribution in [-0.2, 0) is 19.4 Å². The van der Waals surface area contributed by atoms with Gasteiger partial charge in [0.15, 0.2) is 0 Å². The molecule has 4 rings (SSSR count). The molecule has 2 aromatic rings. The molecule has 1 aromatic heterocycles. The summed E-state index contributed by atoms with van der Waals surface area (Å²) in [6.07, 6.45) is 3.62. The summed E-state index contributed by atoms with van der Waals surface area (Å²) in [6, 6.07) is 7.39. The minimum Gasteiger partial charge on any atom is -0.497 e. The molecular weight excluding hydrogens is 334 g/mol. The highest BCUT2D eigenvalue weighted by atomic mass is 32.1. The third-order valence-electron chi connectivity index (χ3n) is 4.98. The van der Waals surface area contributed by atoms with Crippen molar-refractivity contribution in [2.75, 3.05) is 33.3 Å². The maximum Gasteiger partial charge on any atom is 0.254 e. The molecule has 1 aliphatic heterocycles. The second kappa shape index (κ2) is 7.14. The van der Waals surface area contributed by atoms with Crippen molar-refractivity contribution in [3.05, 3.63) is 45.4 Å². The number of carbonyl (C=O) groups is 1. The highest BCUT2D eigenvalue weighted by Crippen LogP contribution is 2.28. The van der Waals surface area contributed by atoms with Gasteiger partial charge in [-0.2, -0.15) is 0 Å². The summed E-state index contributed by atoms with van der Waals surface area (Å²) in [7, 11) is 1.62. The van der Waals surface area contributed by atoms with Crippen LogP contribution in [0, 0.1) is 0 Å². The predicted octanol–water partition coefficient (Wildman–Crippen LogP) is 2.60. The molecular formula is C19H23N3O2S. The van der Waals surface area contributed by atoms with Crippen LogP contribution in [0.25, 0.3) is 0 Å². The predicted molar refractivity (Wildman–Crippen MR) is 98.3 cm³/mol. The van der Waals surface area contributed by atoms with Crippen LogP contribution in [0.5, 0.6) is 5.75 Å². The summed E-state index contributed by atoms with van der Waals surface area (Å²) >= 11 is 1.88. The number of hydrogen-bond acceptors (Lipinski definition) is 5. The molecule has 5 nitrogen and oxygen atoms in total. The van der Waals surface area contributed by atoms with Gasteiger partial charge in [0.2, 0.25) is 0 Å². The first kappa shape index (κ1) is 16.5. The maximum absolute atomic E-state index is 12.7. The van der Waals surface area contributed by atoms with E-state index in [1.54, 1.807) is 7.11 Å². The zero-order chi connectivity index (χ0) is 17.2. The van der Waals surface area contributed by atoms with Crippen molar-refractivity contribution >= 4 is 17.2 Å². The molecule has 1 aliphatic carbocycles. The van der Waals surface area contributed by atoms with Gasteiger partial charge in [0.25, 0.3) is 5.91 Å². The molecule has 0 bridgehead atoms. The van der Waals surface area contributed by atoms with Crippen molar-refractivity contribution in [2.24, 2.45) is 0 Å². The molecule has 132 valence electrons. The number of fused-ring (bicyclic) bond motifs is 1. The number of piperazine rings is 1. The third-order valence-corrected chi connectivity index (χ3v) is 6.12. The molecule has 1 saturated heterocycles. The van der Waals surface area contributed by atoms with E-state index in [9.17, 15) is 4.79 Å². The molecule has 0 unspecified atom stereocenters. The summed E-state index contributed by atoms with van der Waals surface area (Å²) < 4.78 is 5.22. The fourth-order valence-corrected chi connectivity index (χ4v) is 4.75. The van der Waals surface area contributed by atoms with Gasteiger partial charge in [-0.15, -0.1) is 11.3 Å². The van der Waals surface area contributed by atoms with Gasteiger partial charge in [-0.3, -0.25) is 9.69 Å². The van der Waals surface area contributed by atoms with E-state index in [1.807, 2.05) is 40.5 Å². The van der Waals surface area contributed by atoms with E-state index in [-0.39, 0.29) is 5.91 Å². The van der Waals surface area contributed by atoms with E-state index < -0.39 is 0 Å². The standard InChI is InChI=1S/C19H23N3O2S/c1-24-15-5-2-4-14(12-15)19(23)22-10-8-21(9-11-22)13-18-20-16-6-3-7-17(16)25-18/h2,4-5,12H,3,6-11,13H2,1H3. The Morgan fingerprint density at radius 1 is 1.24 bits per heavy atom. The van der Waals surface area contributed by atoms with Gasteiger partial charge < -0.3 is 9.64 Å². The summed E-state index contributed by atoms with van der Waals surface area (Å²) in [5.41, 5.74) is 2.02. The Bertz CT molecular complexity index is 744. The SMILES string of the molecule is COc1cccc(C(=O)N2CCN(Cc3nc4c(s3)CCC4)CC2)c1. The van der Waals surface area contributed by atoms with Gasteiger partial charge in [0.05, 0.1) is 19.3 Å². The summed E-state index contributed by atoms with van der Waals surface area (Å²) in [4.78, 5) is 23.3. The molecule has 1 aromatic carbocycles. The lowest BCUT2D eigenvalue weighted by Crippen LogP contribution is -2.48. The van der Waals surface area contributed by atoms with Crippen molar-refractivity contribution in [3.8, 4) is 5.75 Å². The van der Waals surface area contributed by atoms with E-state index in [0.29, 0.717) is 5.56 Å². The Labute approximate surface area is 152 Å². The molecule has 6 heteroatoms. The first-order chi connectivity index (χ1) is 12.2. The topological polar surface area (TPSA) is 45.7 Å². The Balaban J connectivity index is 1.33. The van der Waals surface area contributed by atoms with Crippen LogP contribution in [0.3, 0.4) is 0 Å². The van der Waals surface area contributed by atoms with Gasteiger partial charge in [-0.05, 0) is 37.5 Å². The Morgan fingerprint density at radius 3 is 2.84 bits per heavy atom. The van der Waals surface area contributed by atoms with Gasteiger partial charge >= 0.3 is 0 Å². The molecule has 0 spiro atoms. The Kier molecular flexibility index (Phi) is 4.72. The highest BCUT2D eigenvalue weighted by molar-refractivity contribution is 7.11. The minimum atomic E-state index is 0.0896. The lowest BCUT2D eigenvalue weighted by Gasteiger charge is -2.34.